The highest BCUT2D eigenvalue weighted by Crippen LogP contribution is 2.12. The lowest BCUT2D eigenvalue weighted by molar-refractivity contribution is -0.117. The van der Waals surface area contributed by atoms with E-state index in [0.29, 0.717) is 5.56 Å². The van der Waals surface area contributed by atoms with Gasteiger partial charge in [-0.3, -0.25) is 9.59 Å². The van der Waals surface area contributed by atoms with Crippen molar-refractivity contribution in [2.45, 2.75) is 13.3 Å². The minimum atomic E-state index is -0.542. The molecule has 0 aliphatic carbocycles. The minimum Gasteiger partial charge on any atom is -0.369 e. The van der Waals surface area contributed by atoms with Crippen molar-refractivity contribution in [2.24, 2.45) is 5.73 Å². The second-order valence-corrected chi connectivity index (χ2v) is 3.37. The quantitative estimate of drug-likeness (QED) is 0.789. The molecule has 16 heavy (non-hydrogen) atoms. The molecule has 1 rings (SSSR count). The number of hydrogen-bond donors (Lipinski definition) is 1. The Bertz CT molecular complexity index is 452. The van der Waals surface area contributed by atoms with Gasteiger partial charge in [-0.1, -0.05) is 18.2 Å². The van der Waals surface area contributed by atoms with E-state index < -0.39 is 11.7 Å². The molecule has 0 aliphatic heterocycles. The van der Waals surface area contributed by atoms with E-state index in [9.17, 15) is 14.0 Å². The fourth-order valence-corrected chi connectivity index (χ4v) is 1.23. The van der Waals surface area contributed by atoms with Gasteiger partial charge in [-0.25, -0.2) is 4.39 Å². The first kappa shape index (κ1) is 12.1. The van der Waals surface area contributed by atoms with Gasteiger partial charge in [0, 0.05) is 6.42 Å². The van der Waals surface area contributed by atoms with Crippen LogP contribution in [0.3, 0.4) is 0 Å². The van der Waals surface area contributed by atoms with Gasteiger partial charge in [0.2, 0.25) is 5.91 Å². The average molecular weight is 221 g/mol. The second kappa shape index (κ2) is 5.21. The molecule has 0 heterocycles. The minimum absolute atomic E-state index is 0.0428. The van der Waals surface area contributed by atoms with E-state index >= 15 is 0 Å². The van der Waals surface area contributed by atoms with Crippen molar-refractivity contribution in [1.29, 1.82) is 0 Å². The van der Waals surface area contributed by atoms with Crippen LogP contribution in [0.25, 0.3) is 6.08 Å². The van der Waals surface area contributed by atoms with Crippen molar-refractivity contribution in [3.63, 3.8) is 0 Å². The van der Waals surface area contributed by atoms with Crippen LogP contribution in [0.4, 0.5) is 4.39 Å². The molecule has 0 saturated heterocycles. The van der Waals surface area contributed by atoms with Gasteiger partial charge in [-0.15, -0.1) is 0 Å². The highest BCUT2D eigenvalue weighted by atomic mass is 19.1. The molecule has 2 N–H and O–H groups in total. The van der Waals surface area contributed by atoms with Crippen molar-refractivity contribution in [3.8, 4) is 0 Å². The molecule has 4 heteroatoms. The Balaban J connectivity index is 2.91. The van der Waals surface area contributed by atoms with E-state index in [1.165, 1.54) is 25.1 Å². The topological polar surface area (TPSA) is 60.2 Å². The maximum absolute atomic E-state index is 13.2. The van der Waals surface area contributed by atoms with Crippen molar-refractivity contribution >= 4 is 17.8 Å². The van der Waals surface area contributed by atoms with Gasteiger partial charge in [0.05, 0.1) is 5.56 Å². The zero-order chi connectivity index (χ0) is 12.1. The zero-order valence-electron chi connectivity index (χ0n) is 8.87. The van der Waals surface area contributed by atoms with Gasteiger partial charge in [0.15, 0.2) is 5.78 Å². The standard InChI is InChI=1S/C12H12FNO2/c1-8(15)10-7-9(5-6-11(10)13)3-2-4-12(14)16/h2-3,5-7H,4H2,1H3,(H2,14,16). The van der Waals surface area contributed by atoms with Gasteiger partial charge < -0.3 is 5.73 Å². The summed E-state index contributed by atoms with van der Waals surface area (Å²) in [6, 6.07) is 4.19. The van der Waals surface area contributed by atoms with Gasteiger partial charge in [-0.2, -0.15) is 0 Å². The third-order valence-corrected chi connectivity index (χ3v) is 2.00. The summed E-state index contributed by atoms with van der Waals surface area (Å²) in [5.74, 6) is -1.31. The Labute approximate surface area is 92.8 Å². The molecular weight excluding hydrogens is 209 g/mol. The van der Waals surface area contributed by atoms with E-state index in [2.05, 4.69) is 0 Å². The third-order valence-electron chi connectivity index (χ3n) is 2.00. The number of carbonyl (C=O) groups excluding carboxylic acids is 2. The predicted octanol–water partition coefficient (Wildman–Crippen LogP) is 1.92. The van der Waals surface area contributed by atoms with Crippen LogP contribution in [0.15, 0.2) is 24.3 Å². The average Bonchev–Trinajstić information content (AvgIpc) is 2.19. The number of ketones is 1. The van der Waals surface area contributed by atoms with Crippen molar-refractivity contribution < 1.29 is 14.0 Å². The summed E-state index contributed by atoms with van der Waals surface area (Å²) in [6.45, 7) is 1.30. The number of amides is 1. The Hall–Kier alpha value is -1.97. The zero-order valence-corrected chi connectivity index (χ0v) is 8.87. The second-order valence-electron chi connectivity index (χ2n) is 3.37. The number of halogens is 1. The molecule has 0 radical (unpaired) electrons. The molecule has 3 nitrogen and oxygen atoms in total. The molecule has 0 bridgehead atoms. The number of Topliss-reactive ketones (excluding diaryl/α,β-unsaturated/α-hetero) is 1. The number of rotatable bonds is 4. The fraction of sp³-hybridized carbons (Fsp3) is 0.167. The molecule has 0 spiro atoms. The number of hydrogen-bond acceptors (Lipinski definition) is 2. The monoisotopic (exact) mass is 221 g/mol. The summed E-state index contributed by atoms with van der Waals surface area (Å²) in [5, 5.41) is 0. The number of benzene rings is 1. The molecule has 1 aromatic rings. The molecule has 84 valence electrons. The fourth-order valence-electron chi connectivity index (χ4n) is 1.23. The highest BCUT2D eigenvalue weighted by molar-refractivity contribution is 5.94. The van der Waals surface area contributed by atoms with E-state index in [4.69, 9.17) is 5.73 Å². The maximum atomic E-state index is 13.2. The number of primary amides is 1. The van der Waals surface area contributed by atoms with Crippen molar-refractivity contribution in [2.75, 3.05) is 0 Å². The predicted molar refractivity (Wildman–Crippen MR) is 59.2 cm³/mol. The number of nitrogens with two attached hydrogens (primary N) is 1. The lowest BCUT2D eigenvalue weighted by Crippen LogP contribution is -2.07. The van der Waals surface area contributed by atoms with Crippen LogP contribution in [0.2, 0.25) is 0 Å². The smallest absolute Gasteiger partial charge is 0.221 e. The first-order chi connectivity index (χ1) is 7.50. The lowest BCUT2D eigenvalue weighted by atomic mass is 10.1. The summed E-state index contributed by atoms with van der Waals surface area (Å²) in [5.41, 5.74) is 5.66. The molecule has 1 amide bonds. The Morgan fingerprint density at radius 3 is 2.69 bits per heavy atom. The van der Waals surface area contributed by atoms with Crippen LogP contribution in [-0.2, 0) is 4.79 Å². The van der Waals surface area contributed by atoms with Crippen molar-refractivity contribution in [1.82, 2.24) is 0 Å². The van der Waals surface area contributed by atoms with Crippen LogP contribution >= 0.6 is 0 Å². The molecule has 0 saturated carbocycles. The third kappa shape index (κ3) is 3.31. The van der Waals surface area contributed by atoms with Gasteiger partial charge in [-0.05, 0) is 24.6 Å². The Kier molecular flexibility index (Phi) is 3.94. The highest BCUT2D eigenvalue weighted by Gasteiger charge is 2.06. The summed E-state index contributed by atoms with van der Waals surface area (Å²) < 4.78 is 13.2. The molecular formula is C12H12FNO2. The molecule has 0 atom stereocenters. The van der Waals surface area contributed by atoms with Crippen LogP contribution in [0, 0.1) is 5.82 Å². The lowest BCUT2D eigenvalue weighted by Gasteiger charge is -2.00. The van der Waals surface area contributed by atoms with Crippen LogP contribution < -0.4 is 5.73 Å². The van der Waals surface area contributed by atoms with Gasteiger partial charge in [0.1, 0.15) is 5.82 Å². The summed E-state index contributed by atoms with van der Waals surface area (Å²) in [4.78, 5) is 21.5. The molecule has 0 unspecified atom stereocenters. The Morgan fingerprint density at radius 1 is 1.44 bits per heavy atom. The van der Waals surface area contributed by atoms with Gasteiger partial charge >= 0.3 is 0 Å². The van der Waals surface area contributed by atoms with Crippen molar-refractivity contribution in [3.05, 3.63) is 41.2 Å². The largest absolute Gasteiger partial charge is 0.369 e. The van der Waals surface area contributed by atoms with E-state index in [1.807, 2.05) is 0 Å². The van der Waals surface area contributed by atoms with E-state index in [1.54, 1.807) is 12.2 Å². The number of carbonyl (C=O) groups is 2. The molecule has 1 aromatic carbocycles. The van der Waals surface area contributed by atoms with Gasteiger partial charge in [0.25, 0.3) is 0 Å². The van der Waals surface area contributed by atoms with E-state index in [-0.39, 0.29) is 17.8 Å². The van der Waals surface area contributed by atoms with Crippen LogP contribution in [0.5, 0.6) is 0 Å². The summed E-state index contributed by atoms with van der Waals surface area (Å²) in [6.07, 6.45) is 3.31. The maximum Gasteiger partial charge on any atom is 0.221 e. The summed E-state index contributed by atoms with van der Waals surface area (Å²) in [7, 11) is 0. The SMILES string of the molecule is CC(=O)c1cc(C=CCC(N)=O)ccc1F. The first-order valence-electron chi connectivity index (χ1n) is 4.76. The first-order valence-corrected chi connectivity index (χ1v) is 4.76. The van der Waals surface area contributed by atoms with Crippen LogP contribution in [0.1, 0.15) is 29.3 Å². The van der Waals surface area contributed by atoms with Crippen LogP contribution in [-0.4, -0.2) is 11.7 Å². The van der Waals surface area contributed by atoms with E-state index in [0.717, 1.165) is 0 Å². The Morgan fingerprint density at radius 2 is 2.12 bits per heavy atom. The normalized spacial score (nSPS) is 10.6. The summed E-state index contributed by atoms with van der Waals surface area (Å²) >= 11 is 0. The molecule has 0 aromatic heterocycles. The molecule has 0 fully saturated rings. The molecule has 0 aliphatic rings.